The van der Waals surface area contributed by atoms with E-state index in [0.29, 0.717) is 12.5 Å². The third-order valence-electron chi connectivity index (χ3n) is 2.91. The Labute approximate surface area is 115 Å². The van der Waals surface area contributed by atoms with Crippen LogP contribution in [0.3, 0.4) is 0 Å². The van der Waals surface area contributed by atoms with E-state index in [-0.39, 0.29) is 5.92 Å². The van der Waals surface area contributed by atoms with Crippen molar-refractivity contribution in [2.24, 2.45) is 5.92 Å². The Balaban J connectivity index is 3.12. The maximum atomic E-state index is 8.93. The highest BCUT2D eigenvalue weighted by atomic mass is 15.2. The molecule has 1 heterocycles. The highest BCUT2D eigenvalue weighted by Gasteiger charge is 2.18. The molecule has 1 rings (SSSR count). The molecule has 1 atom stereocenters. The lowest BCUT2D eigenvalue weighted by Gasteiger charge is -2.25. The van der Waals surface area contributed by atoms with Crippen molar-refractivity contribution in [3.05, 3.63) is 11.9 Å². The largest absolute Gasteiger partial charge is 0.370 e. The predicted molar refractivity (Wildman–Crippen MR) is 78.3 cm³/mol. The molecule has 0 aliphatic rings. The van der Waals surface area contributed by atoms with Gasteiger partial charge in [0, 0.05) is 25.7 Å². The predicted octanol–water partition coefficient (Wildman–Crippen LogP) is 2.63. The molecule has 0 saturated heterocycles. The zero-order valence-corrected chi connectivity index (χ0v) is 12.4. The van der Waals surface area contributed by atoms with E-state index < -0.39 is 0 Å². The van der Waals surface area contributed by atoms with Crippen LogP contribution in [0.15, 0.2) is 6.33 Å². The van der Waals surface area contributed by atoms with Crippen molar-refractivity contribution in [1.82, 2.24) is 9.97 Å². The van der Waals surface area contributed by atoms with Gasteiger partial charge in [-0.2, -0.15) is 5.26 Å². The van der Waals surface area contributed by atoms with Gasteiger partial charge in [-0.05, 0) is 19.8 Å². The first-order valence-corrected chi connectivity index (χ1v) is 6.70. The lowest BCUT2D eigenvalue weighted by Crippen LogP contribution is -2.26. The average molecular weight is 261 g/mol. The summed E-state index contributed by atoms with van der Waals surface area (Å²) in [5.74, 6) is 2.09. The summed E-state index contributed by atoms with van der Waals surface area (Å²) in [5.41, 5.74) is 1.11. The first-order valence-electron chi connectivity index (χ1n) is 6.70. The second-order valence-corrected chi connectivity index (χ2v) is 5.06. The SMILES string of the molecule is CCNc1ncnc(N(C)CC(C)C#N)c1C(C)C. The van der Waals surface area contributed by atoms with Crippen LogP contribution in [0.4, 0.5) is 11.6 Å². The summed E-state index contributed by atoms with van der Waals surface area (Å²) >= 11 is 0. The van der Waals surface area contributed by atoms with E-state index in [2.05, 4.69) is 35.2 Å². The summed E-state index contributed by atoms with van der Waals surface area (Å²) in [5, 5.41) is 12.2. The minimum Gasteiger partial charge on any atom is -0.370 e. The molecular formula is C14H23N5. The van der Waals surface area contributed by atoms with Crippen LogP contribution >= 0.6 is 0 Å². The number of hydrogen-bond acceptors (Lipinski definition) is 5. The molecule has 19 heavy (non-hydrogen) atoms. The third-order valence-corrected chi connectivity index (χ3v) is 2.91. The van der Waals surface area contributed by atoms with Crippen LogP contribution in [0.5, 0.6) is 0 Å². The topological polar surface area (TPSA) is 64.8 Å². The van der Waals surface area contributed by atoms with Gasteiger partial charge < -0.3 is 10.2 Å². The van der Waals surface area contributed by atoms with E-state index in [1.165, 1.54) is 0 Å². The van der Waals surface area contributed by atoms with Crippen LogP contribution in [-0.2, 0) is 0 Å². The average Bonchev–Trinajstić information content (AvgIpc) is 2.38. The summed E-state index contributed by atoms with van der Waals surface area (Å²) in [7, 11) is 1.97. The summed E-state index contributed by atoms with van der Waals surface area (Å²) in [6.45, 7) is 9.72. The molecule has 0 aromatic carbocycles. The van der Waals surface area contributed by atoms with Crippen molar-refractivity contribution in [3.8, 4) is 6.07 Å². The monoisotopic (exact) mass is 261 g/mol. The van der Waals surface area contributed by atoms with Crippen molar-refractivity contribution >= 4 is 11.6 Å². The maximum absolute atomic E-state index is 8.93. The van der Waals surface area contributed by atoms with Gasteiger partial charge in [0.15, 0.2) is 0 Å². The van der Waals surface area contributed by atoms with Crippen molar-refractivity contribution in [2.75, 3.05) is 30.4 Å². The number of nitrogens with zero attached hydrogens (tertiary/aromatic N) is 4. The van der Waals surface area contributed by atoms with Crippen molar-refractivity contribution in [3.63, 3.8) is 0 Å². The normalized spacial score (nSPS) is 12.1. The molecule has 0 bridgehead atoms. The number of nitrogens with one attached hydrogen (secondary N) is 1. The number of rotatable bonds is 6. The Bertz CT molecular complexity index is 450. The van der Waals surface area contributed by atoms with Gasteiger partial charge in [-0.15, -0.1) is 0 Å². The van der Waals surface area contributed by atoms with Gasteiger partial charge in [0.2, 0.25) is 0 Å². The molecule has 0 spiro atoms. The number of anilines is 2. The van der Waals surface area contributed by atoms with Crippen LogP contribution in [0.2, 0.25) is 0 Å². The van der Waals surface area contributed by atoms with Gasteiger partial charge in [-0.1, -0.05) is 13.8 Å². The Morgan fingerprint density at radius 3 is 2.58 bits per heavy atom. The molecule has 0 saturated carbocycles. The smallest absolute Gasteiger partial charge is 0.137 e. The first kappa shape index (κ1) is 15.2. The highest BCUT2D eigenvalue weighted by Crippen LogP contribution is 2.30. The second-order valence-electron chi connectivity index (χ2n) is 5.06. The molecule has 0 radical (unpaired) electrons. The molecule has 5 heteroatoms. The van der Waals surface area contributed by atoms with Gasteiger partial charge in [0.1, 0.15) is 18.0 Å². The molecule has 1 aromatic heterocycles. The molecule has 0 fully saturated rings. The van der Waals surface area contributed by atoms with E-state index in [4.69, 9.17) is 5.26 Å². The maximum Gasteiger partial charge on any atom is 0.137 e. The standard InChI is InChI=1S/C14H23N5/c1-6-16-13-12(10(2)3)14(18-9-17-13)19(5)8-11(4)7-15/h9-11H,6,8H2,1-5H3,(H,16,17,18). The van der Waals surface area contributed by atoms with Crippen LogP contribution < -0.4 is 10.2 Å². The molecule has 1 unspecified atom stereocenters. The molecule has 1 N–H and O–H groups in total. The number of hydrogen-bond donors (Lipinski definition) is 1. The second kappa shape index (κ2) is 6.93. The van der Waals surface area contributed by atoms with Gasteiger partial charge in [0.05, 0.1) is 12.0 Å². The molecule has 0 amide bonds. The Morgan fingerprint density at radius 1 is 1.37 bits per heavy atom. The number of aromatic nitrogens is 2. The third kappa shape index (κ3) is 3.82. The summed E-state index contributed by atoms with van der Waals surface area (Å²) in [4.78, 5) is 10.7. The van der Waals surface area contributed by atoms with E-state index in [1.807, 2.05) is 25.8 Å². The van der Waals surface area contributed by atoms with E-state index in [1.54, 1.807) is 6.33 Å². The van der Waals surface area contributed by atoms with E-state index in [0.717, 1.165) is 23.7 Å². The van der Waals surface area contributed by atoms with Gasteiger partial charge in [0.25, 0.3) is 0 Å². The minimum absolute atomic E-state index is 0.0254. The van der Waals surface area contributed by atoms with Gasteiger partial charge in [-0.25, -0.2) is 9.97 Å². The van der Waals surface area contributed by atoms with Gasteiger partial charge >= 0.3 is 0 Å². The fraction of sp³-hybridized carbons (Fsp3) is 0.643. The zero-order valence-electron chi connectivity index (χ0n) is 12.4. The molecule has 5 nitrogen and oxygen atoms in total. The molecule has 104 valence electrons. The highest BCUT2D eigenvalue weighted by molar-refractivity contribution is 5.60. The Morgan fingerprint density at radius 2 is 2.05 bits per heavy atom. The Kier molecular flexibility index (Phi) is 5.56. The number of nitriles is 1. The quantitative estimate of drug-likeness (QED) is 0.852. The first-order chi connectivity index (χ1) is 9.01. The summed E-state index contributed by atoms with van der Waals surface area (Å²) in [6, 6.07) is 2.25. The Hall–Kier alpha value is -1.83. The molecule has 0 aliphatic carbocycles. The minimum atomic E-state index is -0.0254. The fourth-order valence-corrected chi connectivity index (χ4v) is 2.07. The lowest BCUT2D eigenvalue weighted by atomic mass is 10.0. The lowest BCUT2D eigenvalue weighted by molar-refractivity contribution is 0.700. The summed E-state index contributed by atoms with van der Waals surface area (Å²) in [6.07, 6.45) is 1.58. The van der Waals surface area contributed by atoms with Crippen molar-refractivity contribution in [1.29, 1.82) is 5.26 Å². The molecule has 0 aliphatic heterocycles. The van der Waals surface area contributed by atoms with Crippen molar-refractivity contribution < 1.29 is 0 Å². The zero-order chi connectivity index (χ0) is 14.4. The molecular weight excluding hydrogens is 238 g/mol. The van der Waals surface area contributed by atoms with E-state index >= 15 is 0 Å². The van der Waals surface area contributed by atoms with Crippen molar-refractivity contribution in [2.45, 2.75) is 33.6 Å². The van der Waals surface area contributed by atoms with Crippen LogP contribution in [0.1, 0.15) is 39.2 Å². The van der Waals surface area contributed by atoms with Crippen LogP contribution in [0, 0.1) is 17.2 Å². The van der Waals surface area contributed by atoms with Gasteiger partial charge in [-0.3, -0.25) is 0 Å². The van der Waals surface area contributed by atoms with Crippen LogP contribution in [0.25, 0.3) is 0 Å². The van der Waals surface area contributed by atoms with Crippen LogP contribution in [-0.4, -0.2) is 30.1 Å². The fourth-order valence-electron chi connectivity index (χ4n) is 2.07. The summed E-state index contributed by atoms with van der Waals surface area (Å²) < 4.78 is 0. The van der Waals surface area contributed by atoms with E-state index in [9.17, 15) is 0 Å². The molecule has 1 aromatic rings.